The highest BCUT2D eigenvalue weighted by Crippen LogP contribution is 2.53. The lowest BCUT2D eigenvalue weighted by atomic mass is 9.73. The van der Waals surface area contributed by atoms with E-state index in [0.717, 1.165) is 61.6 Å². The molecule has 3 aliphatic heterocycles. The third kappa shape index (κ3) is 3.27. The minimum atomic E-state index is -4.40. The Bertz CT molecular complexity index is 1400. The molecule has 0 amide bonds. The molecule has 6 rings (SSSR count). The molecular formula is C26H28N3O4S+. The summed E-state index contributed by atoms with van der Waals surface area (Å²) in [7, 11) is -2.63. The van der Waals surface area contributed by atoms with Gasteiger partial charge >= 0.3 is 0 Å². The smallest absolute Gasteiger partial charge is 0.294 e. The molecule has 0 saturated carbocycles. The first-order valence-corrected chi connectivity index (χ1v) is 13.2. The standard InChI is InChI=1S/C26H27N3O4S/c1-28(27)17-10-11-18-22(15-17)33-26-20-8-5-13-29-12-4-6-16(25(20)29)14-21(26)24(18)19-7-2-3-9-23(19)34(30,31)32/h2-3,7,9-11,14-15,18,24H,4-6,8,12-13,27H2,1H3/p+1/b28-17+. The van der Waals surface area contributed by atoms with E-state index in [1.54, 1.807) is 23.9 Å². The predicted octanol–water partition coefficient (Wildman–Crippen LogP) is 3.18. The summed E-state index contributed by atoms with van der Waals surface area (Å²) in [6, 6.07) is 8.97. The van der Waals surface area contributed by atoms with Crippen molar-refractivity contribution in [3.63, 3.8) is 0 Å². The van der Waals surface area contributed by atoms with Gasteiger partial charge in [0.05, 0.1) is 11.0 Å². The SMILES string of the molecule is C/[N+](N)=C1/C=CC2C(=C1)Oc1c(cc3c4c1CCCN4CCC3)C2c1ccccc1S(=O)(=O)O. The summed E-state index contributed by atoms with van der Waals surface area (Å²) in [4.78, 5) is 2.41. The van der Waals surface area contributed by atoms with E-state index in [2.05, 4.69) is 11.0 Å². The molecule has 0 saturated heterocycles. The highest BCUT2D eigenvalue weighted by Gasteiger charge is 2.42. The molecule has 0 aromatic heterocycles. The van der Waals surface area contributed by atoms with Crippen LogP contribution in [-0.2, 0) is 23.0 Å². The molecule has 2 aromatic carbocycles. The lowest BCUT2D eigenvalue weighted by Gasteiger charge is -2.42. The van der Waals surface area contributed by atoms with Gasteiger partial charge in [-0.25, -0.2) is 5.84 Å². The van der Waals surface area contributed by atoms with E-state index in [1.807, 2.05) is 24.3 Å². The highest BCUT2D eigenvalue weighted by atomic mass is 32.2. The highest BCUT2D eigenvalue weighted by molar-refractivity contribution is 7.85. The van der Waals surface area contributed by atoms with Gasteiger partial charge < -0.3 is 9.64 Å². The number of fused-ring (bicyclic) bond motifs is 3. The molecule has 2 unspecified atom stereocenters. The van der Waals surface area contributed by atoms with Crippen LogP contribution in [0.1, 0.15) is 41.0 Å². The average molecular weight is 479 g/mol. The van der Waals surface area contributed by atoms with Crippen LogP contribution in [0.15, 0.2) is 59.2 Å². The van der Waals surface area contributed by atoms with Crippen molar-refractivity contribution in [1.29, 1.82) is 0 Å². The number of aryl methyl sites for hydroxylation is 1. The summed E-state index contributed by atoms with van der Waals surface area (Å²) in [5.74, 6) is 7.05. The first-order chi connectivity index (χ1) is 16.3. The Balaban J connectivity index is 1.65. The normalized spacial score (nSPS) is 24.4. The van der Waals surface area contributed by atoms with Gasteiger partial charge in [0, 0.05) is 47.8 Å². The zero-order valence-corrected chi connectivity index (χ0v) is 19.9. The Labute approximate surface area is 199 Å². The first kappa shape index (κ1) is 21.4. The van der Waals surface area contributed by atoms with Crippen LogP contribution >= 0.6 is 0 Å². The number of nitrogens with two attached hydrogens (primary N) is 1. The maximum absolute atomic E-state index is 12.4. The van der Waals surface area contributed by atoms with Crippen LogP contribution in [0.2, 0.25) is 0 Å². The second kappa shape index (κ2) is 7.71. The lowest BCUT2D eigenvalue weighted by Crippen LogP contribution is -2.36. The Morgan fingerprint density at radius 2 is 1.91 bits per heavy atom. The fourth-order valence-corrected chi connectivity index (χ4v) is 6.78. The van der Waals surface area contributed by atoms with Gasteiger partial charge in [-0.05, 0) is 48.9 Å². The van der Waals surface area contributed by atoms with E-state index in [4.69, 9.17) is 10.6 Å². The van der Waals surface area contributed by atoms with Crippen molar-refractivity contribution in [2.45, 2.75) is 36.5 Å². The summed E-state index contributed by atoms with van der Waals surface area (Å²) >= 11 is 0. The minimum absolute atomic E-state index is 0.0562. The molecular weight excluding hydrogens is 450 g/mol. The first-order valence-electron chi connectivity index (χ1n) is 11.8. The fourth-order valence-electron chi connectivity index (χ4n) is 6.03. The molecule has 0 fully saturated rings. The fraction of sp³-hybridized carbons (Fsp3) is 0.346. The van der Waals surface area contributed by atoms with Crippen molar-refractivity contribution >= 4 is 21.5 Å². The van der Waals surface area contributed by atoms with Crippen molar-refractivity contribution in [3.05, 3.63) is 76.6 Å². The molecule has 1 aliphatic carbocycles. The third-order valence-electron chi connectivity index (χ3n) is 7.45. The van der Waals surface area contributed by atoms with Crippen molar-refractivity contribution in [3.8, 4) is 5.75 Å². The maximum Gasteiger partial charge on any atom is 0.294 e. The van der Waals surface area contributed by atoms with E-state index in [0.29, 0.717) is 5.56 Å². The number of hydrogen-bond donors (Lipinski definition) is 2. The zero-order valence-electron chi connectivity index (χ0n) is 19.1. The lowest BCUT2D eigenvalue weighted by molar-refractivity contribution is -0.507. The topological polar surface area (TPSA) is 95.9 Å². The second-order valence-electron chi connectivity index (χ2n) is 9.54. The van der Waals surface area contributed by atoms with Gasteiger partial charge in [-0.3, -0.25) is 4.55 Å². The molecule has 0 spiro atoms. The van der Waals surface area contributed by atoms with E-state index < -0.39 is 10.1 Å². The van der Waals surface area contributed by atoms with Crippen LogP contribution in [0.4, 0.5) is 5.69 Å². The molecule has 0 bridgehead atoms. The summed E-state index contributed by atoms with van der Waals surface area (Å²) in [5, 5.41) is 0. The minimum Gasteiger partial charge on any atom is -0.460 e. The van der Waals surface area contributed by atoms with E-state index >= 15 is 0 Å². The number of hydrazine groups is 1. The molecule has 2 aromatic rings. The van der Waals surface area contributed by atoms with Crippen molar-refractivity contribution in [2.24, 2.45) is 11.8 Å². The Kier molecular flexibility index (Phi) is 4.86. The van der Waals surface area contributed by atoms with Crippen LogP contribution in [0, 0.1) is 5.92 Å². The van der Waals surface area contributed by atoms with Gasteiger partial charge in [0.2, 0.25) is 5.71 Å². The van der Waals surface area contributed by atoms with Gasteiger partial charge in [-0.1, -0.05) is 24.3 Å². The molecule has 34 heavy (non-hydrogen) atoms. The summed E-state index contributed by atoms with van der Waals surface area (Å²) in [6.07, 6.45) is 9.99. The van der Waals surface area contributed by atoms with Crippen molar-refractivity contribution in [2.75, 3.05) is 25.0 Å². The number of benzene rings is 2. The summed E-state index contributed by atoms with van der Waals surface area (Å²) in [6.45, 7) is 2.11. The Hall–Kier alpha value is -3.10. The molecule has 176 valence electrons. The van der Waals surface area contributed by atoms with Crippen molar-refractivity contribution < 1.29 is 22.4 Å². The van der Waals surface area contributed by atoms with Gasteiger partial charge in [0.25, 0.3) is 10.1 Å². The van der Waals surface area contributed by atoms with Gasteiger partial charge in [-0.2, -0.15) is 8.42 Å². The summed E-state index contributed by atoms with van der Waals surface area (Å²) < 4.78 is 43.0. The molecule has 2 atom stereocenters. The van der Waals surface area contributed by atoms with Crippen molar-refractivity contribution in [1.82, 2.24) is 0 Å². The van der Waals surface area contributed by atoms with Gasteiger partial charge in [-0.15, -0.1) is 4.68 Å². The maximum atomic E-state index is 12.4. The molecule has 7 nitrogen and oxygen atoms in total. The van der Waals surface area contributed by atoms with Gasteiger partial charge in [0.15, 0.2) is 7.05 Å². The zero-order chi connectivity index (χ0) is 23.6. The van der Waals surface area contributed by atoms with Crippen LogP contribution in [-0.4, -0.2) is 43.5 Å². The second-order valence-corrected chi connectivity index (χ2v) is 10.9. The summed E-state index contributed by atoms with van der Waals surface area (Å²) in [5.41, 5.74) is 6.19. The average Bonchev–Trinajstić information content (AvgIpc) is 2.82. The van der Waals surface area contributed by atoms with E-state index in [-0.39, 0.29) is 16.7 Å². The molecule has 3 N–H and O–H groups in total. The number of ether oxygens (including phenoxy) is 1. The van der Waals surface area contributed by atoms with E-state index in [9.17, 15) is 13.0 Å². The Morgan fingerprint density at radius 1 is 1.15 bits per heavy atom. The molecule has 4 aliphatic rings. The quantitative estimate of drug-likeness (QED) is 0.298. The number of hydrogen-bond acceptors (Lipinski definition) is 5. The number of nitrogens with zero attached hydrogens (tertiary/aromatic N) is 2. The third-order valence-corrected chi connectivity index (χ3v) is 8.38. The predicted molar refractivity (Wildman–Crippen MR) is 130 cm³/mol. The number of rotatable bonds is 2. The number of allylic oxidation sites excluding steroid dienone is 3. The van der Waals surface area contributed by atoms with Crippen LogP contribution in [0.25, 0.3) is 0 Å². The van der Waals surface area contributed by atoms with E-state index in [1.165, 1.54) is 22.9 Å². The Morgan fingerprint density at radius 3 is 2.68 bits per heavy atom. The number of hydrazone groups is 1. The molecule has 3 heterocycles. The largest absolute Gasteiger partial charge is 0.460 e. The van der Waals surface area contributed by atoms with Crippen LogP contribution in [0.5, 0.6) is 5.75 Å². The monoisotopic (exact) mass is 478 g/mol. The number of anilines is 1. The van der Waals surface area contributed by atoms with Gasteiger partial charge in [0.1, 0.15) is 11.5 Å². The molecule has 0 radical (unpaired) electrons. The molecule has 8 heteroatoms. The van der Waals surface area contributed by atoms with Crippen LogP contribution in [0.3, 0.4) is 0 Å². The van der Waals surface area contributed by atoms with Crippen LogP contribution < -0.4 is 15.5 Å².